The Morgan fingerprint density at radius 3 is 2.66 bits per heavy atom. The van der Waals surface area contributed by atoms with Crippen LogP contribution < -0.4 is 10.1 Å². The van der Waals surface area contributed by atoms with Crippen molar-refractivity contribution in [1.82, 2.24) is 9.38 Å². The quantitative estimate of drug-likeness (QED) is 0.497. The molecular formula is C22H17ClFN3O2. The number of aromatic nitrogens is 2. The third kappa shape index (κ3) is 4.07. The average Bonchev–Trinajstić information content (AvgIpc) is 3.05. The van der Waals surface area contributed by atoms with Crippen molar-refractivity contribution in [3.63, 3.8) is 0 Å². The highest BCUT2D eigenvalue weighted by Gasteiger charge is 2.19. The van der Waals surface area contributed by atoms with Gasteiger partial charge in [-0.1, -0.05) is 29.8 Å². The minimum Gasteiger partial charge on any atom is -0.484 e. The molecule has 0 radical (unpaired) electrons. The van der Waals surface area contributed by atoms with E-state index in [2.05, 4.69) is 10.3 Å². The molecular weight excluding hydrogens is 393 g/mol. The van der Waals surface area contributed by atoms with E-state index in [4.69, 9.17) is 16.3 Å². The lowest BCUT2D eigenvalue weighted by molar-refractivity contribution is -0.118. The molecule has 2 aromatic heterocycles. The van der Waals surface area contributed by atoms with Crippen LogP contribution in [0.4, 0.5) is 10.2 Å². The molecule has 5 nitrogen and oxygen atoms in total. The number of nitrogens with zero attached hydrogens (tertiary/aromatic N) is 2. The fourth-order valence-electron chi connectivity index (χ4n) is 2.96. The number of hydrogen-bond donors (Lipinski definition) is 1. The molecule has 0 aliphatic rings. The summed E-state index contributed by atoms with van der Waals surface area (Å²) in [7, 11) is 0. The number of carbonyl (C=O) groups excluding carboxylic acids is 1. The van der Waals surface area contributed by atoms with Crippen molar-refractivity contribution in [3.8, 4) is 17.0 Å². The molecule has 0 aliphatic heterocycles. The molecule has 29 heavy (non-hydrogen) atoms. The van der Waals surface area contributed by atoms with Crippen molar-refractivity contribution in [2.75, 3.05) is 11.9 Å². The van der Waals surface area contributed by atoms with Gasteiger partial charge in [-0.2, -0.15) is 0 Å². The molecule has 2 aromatic carbocycles. The lowest BCUT2D eigenvalue weighted by Gasteiger charge is -2.10. The molecule has 146 valence electrons. The predicted molar refractivity (Wildman–Crippen MR) is 111 cm³/mol. The number of fused-ring (bicyclic) bond motifs is 1. The molecule has 0 atom stereocenters. The smallest absolute Gasteiger partial charge is 0.263 e. The molecule has 0 saturated carbocycles. The van der Waals surface area contributed by atoms with Crippen LogP contribution in [0.5, 0.6) is 5.75 Å². The molecule has 0 bridgehead atoms. The molecule has 0 spiro atoms. The van der Waals surface area contributed by atoms with Crippen LogP contribution in [0, 0.1) is 12.7 Å². The monoisotopic (exact) mass is 409 g/mol. The highest BCUT2D eigenvalue weighted by Crippen LogP contribution is 2.31. The first-order chi connectivity index (χ1) is 14.0. The van der Waals surface area contributed by atoms with E-state index in [1.165, 1.54) is 6.07 Å². The topological polar surface area (TPSA) is 55.6 Å². The second-order valence-corrected chi connectivity index (χ2v) is 6.95. The van der Waals surface area contributed by atoms with Crippen molar-refractivity contribution in [2.24, 2.45) is 0 Å². The number of ether oxygens (including phenoxy) is 1. The van der Waals surface area contributed by atoms with Crippen LogP contribution >= 0.6 is 11.6 Å². The maximum Gasteiger partial charge on any atom is 0.263 e. The van der Waals surface area contributed by atoms with Crippen molar-refractivity contribution < 1.29 is 13.9 Å². The van der Waals surface area contributed by atoms with Gasteiger partial charge in [-0.3, -0.25) is 9.20 Å². The van der Waals surface area contributed by atoms with Crippen molar-refractivity contribution in [3.05, 3.63) is 83.3 Å². The fourth-order valence-corrected chi connectivity index (χ4v) is 3.09. The predicted octanol–water partition coefficient (Wildman–Crippen LogP) is 5.12. The summed E-state index contributed by atoms with van der Waals surface area (Å²) >= 11 is 5.85. The van der Waals surface area contributed by atoms with Crippen LogP contribution in [0.1, 0.15) is 5.56 Å². The minimum absolute atomic E-state index is 0.211. The number of nitrogens with one attached hydrogen (secondary N) is 1. The third-order valence-corrected chi connectivity index (χ3v) is 4.59. The first kappa shape index (κ1) is 19.0. The van der Waals surface area contributed by atoms with Crippen LogP contribution in [-0.2, 0) is 4.79 Å². The summed E-state index contributed by atoms with van der Waals surface area (Å²) in [5, 5.41) is 3.39. The number of halogens is 2. The van der Waals surface area contributed by atoms with Gasteiger partial charge in [0.15, 0.2) is 6.61 Å². The maximum atomic E-state index is 14.4. The second-order valence-electron chi connectivity index (χ2n) is 6.51. The summed E-state index contributed by atoms with van der Waals surface area (Å²) in [6.07, 6.45) is 1.84. The molecule has 0 saturated heterocycles. The van der Waals surface area contributed by atoms with Crippen LogP contribution in [0.2, 0.25) is 5.02 Å². The number of rotatable bonds is 5. The molecule has 2 heterocycles. The van der Waals surface area contributed by atoms with E-state index < -0.39 is 5.82 Å². The van der Waals surface area contributed by atoms with Gasteiger partial charge in [-0.05, 0) is 55.0 Å². The Bertz CT molecular complexity index is 1190. The summed E-state index contributed by atoms with van der Waals surface area (Å²) in [4.78, 5) is 17.1. The lowest BCUT2D eigenvalue weighted by atomic mass is 10.1. The lowest BCUT2D eigenvalue weighted by Crippen LogP contribution is -2.21. The first-order valence-electron chi connectivity index (χ1n) is 8.93. The highest BCUT2D eigenvalue weighted by atomic mass is 35.5. The Morgan fingerprint density at radius 2 is 1.90 bits per heavy atom. The summed E-state index contributed by atoms with van der Waals surface area (Å²) in [6, 6.07) is 16.8. The molecule has 4 aromatic rings. The normalized spacial score (nSPS) is 10.9. The zero-order chi connectivity index (χ0) is 20.4. The van der Waals surface area contributed by atoms with Gasteiger partial charge in [0.2, 0.25) is 0 Å². The van der Waals surface area contributed by atoms with E-state index in [-0.39, 0.29) is 12.5 Å². The highest BCUT2D eigenvalue weighted by molar-refractivity contribution is 6.30. The Hall–Kier alpha value is -3.38. The van der Waals surface area contributed by atoms with E-state index in [0.717, 1.165) is 5.56 Å². The Labute approximate surface area is 171 Å². The van der Waals surface area contributed by atoms with E-state index >= 15 is 0 Å². The summed E-state index contributed by atoms with van der Waals surface area (Å²) in [5.41, 5.74) is 2.24. The maximum absolute atomic E-state index is 14.4. The molecule has 1 amide bonds. The molecule has 0 fully saturated rings. The minimum atomic E-state index is -0.416. The van der Waals surface area contributed by atoms with Gasteiger partial charge in [-0.25, -0.2) is 9.37 Å². The third-order valence-electron chi connectivity index (χ3n) is 4.34. The van der Waals surface area contributed by atoms with Crippen LogP contribution in [-0.4, -0.2) is 21.9 Å². The van der Waals surface area contributed by atoms with Crippen LogP contribution in [0.25, 0.3) is 16.9 Å². The summed E-state index contributed by atoms with van der Waals surface area (Å²) in [5.74, 6) is 0.104. The molecule has 1 N–H and O–H groups in total. The zero-order valence-corrected chi connectivity index (χ0v) is 16.3. The van der Waals surface area contributed by atoms with Gasteiger partial charge in [0.05, 0.1) is 0 Å². The SMILES string of the molecule is Cc1ccc2nc(-c3ccccc3F)c(NC(=O)COc3ccc(Cl)cc3)n2c1. The Kier molecular flexibility index (Phi) is 5.18. The van der Waals surface area contributed by atoms with Gasteiger partial charge in [0, 0.05) is 16.8 Å². The Balaban J connectivity index is 1.65. The standard InChI is InChI=1S/C22H17ClFN3O2/c1-14-6-11-19-25-21(17-4-2-3-5-18(17)24)22(27(19)12-14)26-20(28)13-29-16-9-7-15(23)8-10-16/h2-12H,13H2,1H3,(H,26,28). The average molecular weight is 410 g/mol. The fraction of sp³-hybridized carbons (Fsp3) is 0.0909. The van der Waals surface area contributed by atoms with Crippen LogP contribution in [0.15, 0.2) is 66.9 Å². The van der Waals surface area contributed by atoms with Crippen molar-refractivity contribution >= 4 is 29.0 Å². The van der Waals surface area contributed by atoms with Gasteiger partial charge in [0.25, 0.3) is 5.91 Å². The number of imidazole rings is 1. The first-order valence-corrected chi connectivity index (χ1v) is 9.31. The molecule has 7 heteroatoms. The van der Waals surface area contributed by atoms with Crippen molar-refractivity contribution in [2.45, 2.75) is 6.92 Å². The van der Waals surface area contributed by atoms with E-state index in [1.807, 2.05) is 25.3 Å². The number of amides is 1. The number of pyridine rings is 1. The number of benzene rings is 2. The number of aryl methyl sites for hydroxylation is 1. The number of hydrogen-bond acceptors (Lipinski definition) is 3. The van der Waals surface area contributed by atoms with E-state index in [1.54, 1.807) is 46.9 Å². The molecule has 0 aliphatic carbocycles. The summed E-state index contributed by atoms with van der Waals surface area (Å²) in [6.45, 7) is 1.72. The van der Waals surface area contributed by atoms with Gasteiger partial charge >= 0.3 is 0 Å². The number of anilines is 1. The number of carbonyl (C=O) groups is 1. The van der Waals surface area contributed by atoms with Gasteiger partial charge in [0.1, 0.15) is 28.7 Å². The zero-order valence-electron chi connectivity index (χ0n) is 15.5. The van der Waals surface area contributed by atoms with E-state index in [0.29, 0.717) is 33.5 Å². The molecule has 4 rings (SSSR count). The van der Waals surface area contributed by atoms with Gasteiger partial charge in [-0.15, -0.1) is 0 Å². The summed E-state index contributed by atoms with van der Waals surface area (Å²) < 4.78 is 21.6. The molecule has 0 unspecified atom stereocenters. The van der Waals surface area contributed by atoms with Crippen LogP contribution in [0.3, 0.4) is 0 Å². The van der Waals surface area contributed by atoms with Gasteiger partial charge < -0.3 is 10.1 Å². The van der Waals surface area contributed by atoms with E-state index in [9.17, 15) is 9.18 Å². The van der Waals surface area contributed by atoms with Crippen molar-refractivity contribution in [1.29, 1.82) is 0 Å². The second kappa shape index (κ2) is 7.93. The Morgan fingerprint density at radius 1 is 1.14 bits per heavy atom. The largest absolute Gasteiger partial charge is 0.484 e.